The predicted octanol–water partition coefficient (Wildman–Crippen LogP) is 1.09. The molecule has 1 fully saturated rings. The number of carbonyl (C=O) groups excluding carboxylic acids is 3. The molecular formula is C17H21N3O4. The van der Waals surface area contributed by atoms with Crippen LogP contribution in [0.5, 0.6) is 0 Å². The molecular weight excluding hydrogens is 310 g/mol. The minimum Gasteiger partial charge on any atom is -0.382 e. The number of amides is 3. The lowest BCUT2D eigenvalue weighted by molar-refractivity contribution is -0.138. The molecule has 2 unspecified atom stereocenters. The fourth-order valence-electron chi connectivity index (χ4n) is 3.38. The zero-order valence-electron chi connectivity index (χ0n) is 13.9. The van der Waals surface area contributed by atoms with E-state index in [0.717, 1.165) is 4.90 Å². The van der Waals surface area contributed by atoms with Gasteiger partial charge in [0.25, 0.3) is 11.8 Å². The van der Waals surface area contributed by atoms with Crippen molar-refractivity contribution in [2.75, 3.05) is 5.32 Å². The minimum absolute atomic E-state index is 0.102. The molecule has 3 N–H and O–H groups in total. The van der Waals surface area contributed by atoms with E-state index < -0.39 is 23.6 Å². The van der Waals surface area contributed by atoms with Gasteiger partial charge in [-0.25, -0.2) is 0 Å². The standard InChI is InChI=1S/C17H21N3O4/c1-9(2)18-11-6-4-5-10-14(11)16(23)20(15(10)22)12-7-8-13(21)19-17(12,3)24/h4-6,9,12,18,24H,7-8H2,1-3H3,(H,19,21). The van der Waals surface area contributed by atoms with Gasteiger partial charge in [0, 0.05) is 18.2 Å². The van der Waals surface area contributed by atoms with E-state index >= 15 is 0 Å². The molecule has 1 aromatic rings. The molecule has 1 aromatic carbocycles. The number of nitrogens with zero attached hydrogens (tertiary/aromatic N) is 1. The fourth-order valence-corrected chi connectivity index (χ4v) is 3.38. The SMILES string of the molecule is CC(C)Nc1cccc2c1C(=O)N(C1CCC(=O)NC1(C)O)C2=O. The van der Waals surface area contributed by atoms with Crippen LogP contribution in [0, 0.1) is 0 Å². The van der Waals surface area contributed by atoms with Crippen LogP contribution in [0.4, 0.5) is 5.69 Å². The predicted molar refractivity (Wildman–Crippen MR) is 87.5 cm³/mol. The molecule has 0 saturated carbocycles. The highest BCUT2D eigenvalue weighted by molar-refractivity contribution is 6.24. The van der Waals surface area contributed by atoms with Crippen molar-refractivity contribution in [1.82, 2.24) is 10.2 Å². The summed E-state index contributed by atoms with van der Waals surface area (Å²) in [6.45, 7) is 5.30. The number of anilines is 1. The van der Waals surface area contributed by atoms with Gasteiger partial charge in [-0.2, -0.15) is 0 Å². The Balaban J connectivity index is 2.00. The molecule has 2 aliphatic rings. The molecule has 24 heavy (non-hydrogen) atoms. The second-order valence-electron chi connectivity index (χ2n) is 6.76. The lowest BCUT2D eigenvalue weighted by Crippen LogP contribution is -2.64. The van der Waals surface area contributed by atoms with E-state index in [2.05, 4.69) is 10.6 Å². The van der Waals surface area contributed by atoms with E-state index in [1.54, 1.807) is 18.2 Å². The van der Waals surface area contributed by atoms with Gasteiger partial charge in [-0.3, -0.25) is 19.3 Å². The van der Waals surface area contributed by atoms with Gasteiger partial charge in [0.2, 0.25) is 5.91 Å². The number of hydrogen-bond acceptors (Lipinski definition) is 5. The molecule has 0 spiro atoms. The maximum atomic E-state index is 12.9. The molecule has 2 aliphatic heterocycles. The molecule has 0 aliphatic carbocycles. The summed E-state index contributed by atoms with van der Waals surface area (Å²) in [6, 6.07) is 4.39. The second-order valence-corrected chi connectivity index (χ2v) is 6.76. The maximum Gasteiger partial charge on any atom is 0.264 e. The molecule has 3 rings (SSSR count). The van der Waals surface area contributed by atoms with Crippen LogP contribution >= 0.6 is 0 Å². The Hall–Kier alpha value is -2.41. The third kappa shape index (κ3) is 2.54. The van der Waals surface area contributed by atoms with Gasteiger partial charge in [-0.05, 0) is 39.3 Å². The summed E-state index contributed by atoms with van der Waals surface area (Å²) >= 11 is 0. The van der Waals surface area contributed by atoms with Crippen LogP contribution in [0.25, 0.3) is 0 Å². The van der Waals surface area contributed by atoms with E-state index in [1.165, 1.54) is 6.92 Å². The van der Waals surface area contributed by atoms with Crippen LogP contribution in [0.3, 0.4) is 0 Å². The highest BCUT2D eigenvalue weighted by atomic mass is 16.3. The highest BCUT2D eigenvalue weighted by Crippen LogP contribution is 2.35. The van der Waals surface area contributed by atoms with Crippen molar-refractivity contribution in [2.24, 2.45) is 0 Å². The average molecular weight is 331 g/mol. The number of fused-ring (bicyclic) bond motifs is 1. The van der Waals surface area contributed by atoms with Crippen molar-refractivity contribution in [3.63, 3.8) is 0 Å². The zero-order chi connectivity index (χ0) is 17.6. The van der Waals surface area contributed by atoms with E-state index in [4.69, 9.17) is 0 Å². The van der Waals surface area contributed by atoms with Crippen LogP contribution in [0.1, 0.15) is 54.3 Å². The van der Waals surface area contributed by atoms with E-state index in [9.17, 15) is 19.5 Å². The van der Waals surface area contributed by atoms with Crippen molar-refractivity contribution in [3.8, 4) is 0 Å². The first-order chi connectivity index (χ1) is 11.2. The van der Waals surface area contributed by atoms with Crippen LogP contribution < -0.4 is 10.6 Å². The Morgan fingerprint density at radius 3 is 2.62 bits per heavy atom. The number of carbonyl (C=O) groups is 3. The molecule has 0 bridgehead atoms. The number of piperidine rings is 1. The van der Waals surface area contributed by atoms with Crippen LogP contribution in [0.2, 0.25) is 0 Å². The Morgan fingerprint density at radius 2 is 2.00 bits per heavy atom. The van der Waals surface area contributed by atoms with Gasteiger partial charge < -0.3 is 15.7 Å². The summed E-state index contributed by atoms with van der Waals surface area (Å²) in [5.41, 5.74) is -0.404. The minimum atomic E-state index is -1.64. The van der Waals surface area contributed by atoms with Crippen molar-refractivity contribution in [2.45, 2.75) is 51.4 Å². The van der Waals surface area contributed by atoms with Crippen molar-refractivity contribution in [1.29, 1.82) is 0 Å². The largest absolute Gasteiger partial charge is 0.382 e. The number of aliphatic hydroxyl groups is 1. The smallest absolute Gasteiger partial charge is 0.264 e. The van der Waals surface area contributed by atoms with Gasteiger partial charge >= 0.3 is 0 Å². The lowest BCUT2D eigenvalue weighted by atomic mass is 9.94. The molecule has 0 radical (unpaired) electrons. The van der Waals surface area contributed by atoms with Crippen molar-refractivity contribution < 1.29 is 19.5 Å². The molecule has 128 valence electrons. The van der Waals surface area contributed by atoms with Gasteiger partial charge in [-0.15, -0.1) is 0 Å². The number of nitrogens with one attached hydrogen (secondary N) is 2. The molecule has 0 aromatic heterocycles. The number of imide groups is 1. The van der Waals surface area contributed by atoms with Gasteiger partial charge in [0.1, 0.15) is 0 Å². The summed E-state index contributed by atoms with van der Waals surface area (Å²) in [5.74, 6) is -1.18. The number of hydrogen-bond donors (Lipinski definition) is 3. The third-order valence-electron chi connectivity index (χ3n) is 4.39. The Labute approximate surface area is 140 Å². The molecule has 7 nitrogen and oxygen atoms in total. The topological polar surface area (TPSA) is 98.7 Å². The number of benzene rings is 1. The van der Waals surface area contributed by atoms with Crippen LogP contribution in [0.15, 0.2) is 18.2 Å². The fraction of sp³-hybridized carbons (Fsp3) is 0.471. The lowest BCUT2D eigenvalue weighted by Gasteiger charge is -2.41. The average Bonchev–Trinajstić information content (AvgIpc) is 2.71. The highest BCUT2D eigenvalue weighted by Gasteiger charge is 2.50. The number of rotatable bonds is 3. The molecule has 2 atom stereocenters. The first-order valence-corrected chi connectivity index (χ1v) is 8.03. The van der Waals surface area contributed by atoms with Gasteiger partial charge in [0.05, 0.1) is 17.2 Å². The third-order valence-corrected chi connectivity index (χ3v) is 4.39. The van der Waals surface area contributed by atoms with Crippen molar-refractivity contribution in [3.05, 3.63) is 29.3 Å². The Morgan fingerprint density at radius 1 is 1.29 bits per heavy atom. The summed E-state index contributed by atoms with van der Waals surface area (Å²) < 4.78 is 0. The van der Waals surface area contributed by atoms with E-state index in [1.807, 2.05) is 13.8 Å². The van der Waals surface area contributed by atoms with Crippen LogP contribution in [-0.4, -0.2) is 45.5 Å². The summed E-state index contributed by atoms with van der Waals surface area (Å²) in [7, 11) is 0. The maximum absolute atomic E-state index is 12.9. The quantitative estimate of drug-likeness (QED) is 0.720. The molecule has 2 heterocycles. The van der Waals surface area contributed by atoms with E-state index in [0.29, 0.717) is 16.8 Å². The van der Waals surface area contributed by atoms with Crippen molar-refractivity contribution >= 4 is 23.4 Å². The summed E-state index contributed by atoms with van der Waals surface area (Å²) in [6.07, 6.45) is 0.391. The Kier molecular flexibility index (Phi) is 3.83. The second kappa shape index (κ2) is 5.59. The normalized spacial score (nSPS) is 26.6. The van der Waals surface area contributed by atoms with Gasteiger partial charge in [-0.1, -0.05) is 6.07 Å². The monoisotopic (exact) mass is 331 g/mol. The summed E-state index contributed by atoms with van der Waals surface area (Å²) in [4.78, 5) is 38.3. The van der Waals surface area contributed by atoms with Gasteiger partial charge in [0.15, 0.2) is 5.72 Å². The molecule has 7 heteroatoms. The summed E-state index contributed by atoms with van der Waals surface area (Å²) in [5, 5.41) is 16.1. The first-order valence-electron chi connectivity index (χ1n) is 8.03. The Bertz CT molecular complexity index is 727. The molecule has 1 saturated heterocycles. The zero-order valence-corrected chi connectivity index (χ0v) is 13.9. The first kappa shape index (κ1) is 16.4. The van der Waals surface area contributed by atoms with Crippen LogP contribution in [-0.2, 0) is 4.79 Å². The van der Waals surface area contributed by atoms with E-state index in [-0.39, 0.29) is 24.8 Å². The molecule has 3 amide bonds.